The number of carbonyl (C=O) groups excluding carboxylic acids is 3. The van der Waals surface area contributed by atoms with Gasteiger partial charge in [0.2, 0.25) is 5.91 Å². The number of likely N-dealkylation sites (tertiary alicyclic amines) is 2. The third-order valence-corrected chi connectivity index (χ3v) is 12.6. The summed E-state index contributed by atoms with van der Waals surface area (Å²) in [5.74, 6) is -1.19. The smallest absolute Gasteiger partial charge is 0.411 e. The molecule has 4 aliphatic rings. The van der Waals surface area contributed by atoms with Gasteiger partial charge in [-0.1, -0.05) is 97.1 Å². The van der Waals surface area contributed by atoms with E-state index >= 15 is 0 Å². The molecule has 4 aromatic rings. The van der Waals surface area contributed by atoms with Gasteiger partial charge in [0.15, 0.2) is 0 Å². The first kappa shape index (κ1) is 50.3. The number of rotatable bonds is 6. The van der Waals surface area contributed by atoms with Crippen LogP contribution in [0.25, 0.3) is 0 Å². The number of carbonyl (C=O) groups is 4. The number of piperazine rings is 2. The highest BCUT2D eigenvalue weighted by atomic mass is 16.6. The first-order chi connectivity index (χ1) is 31.9. The Morgan fingerprint density at radius 1 is 0.522 bits per heavy atom. The van der Waals surface area contributed by atoms with Gasteiger partial charge in [0.1, 0.15) is 23.3 Å². The summed E-state index contributed by atoms with van der Waals surface area (Å²) in [4.78, 5) is 60.4. The van der Waals surface area contributed by atoms with Crippen LogP contribution in [-0.4, -0.2) is 133 Å². The van der Waals surface area contributed by atoms with E-state index in [-0.39, 0.29) is 17.7 Å². The maximum absolute atomic E-state index is 13.8. The molecule has 0 spiro atoms. The number of ether oxygens (including phenoxy) is 2. The van der Waals surface area contributed by atoms with E-state index in [1.807, 2.05) is 80.3 Å². The minimum absolute atomic E-state index is 0.0247. The van der Waals surface area contributed by atoms with Crippen LogP contribution in [0.1, 0.15) is 88.5 Å². The largest absolute Gasteiger partial charge is 0.480 e. The van der Waals surface area contributed by atoms with Crippen molar-refractivity contribution in [3.05, 3.63) is 131 Å². The van der Waals surface area contributed by atoms with Gasteiger partial charge in [-0.25, -0.2) is 14.4 Å². The molecular weight excluding hydrogens is 845 g/mol. The van der Waals surface area contributed by atoms with Gasteiger partial charge in [0, 0.05) is 88.7 Å². The van der Waals surface area contributed by atoms with Gasteiger partial charge in [-0.2, -0.15) is 0 Å². The van der Waals surface area contributed by atoms with Crippen molar-refractivity contribution in [2.45, 2.75) is 103 Å². The van der Waals surface area contributed by atoms with Crippen LogP contribution in [0.5, 0.6) is 0 Å². The van der Waals surface area contributed by atoms with Crippen LogP contribution < -0.4 is 15.1 Å². The van der Waals surface area contributed by atoms with E-state index in [0.29, 0.717) is 32.6 Å². The first-order valence-electron chi connectivity index (χ1n) is 23.8. The summed E-state index contributed by atoms with van der Waals surface area (Å²) in [5, 5.41) is 12.9. The molecule has 67 heavy (non-hydrogen) atoms. The van der Waals surface area contributed by atoms with Crippen molar-refractivity contribution in [1.29, 1.82) is 0 Å². The van der Waals surface area contributed by atoms with Crippen molar-refractivity contribution < 1.29 is 33.8 Å². The molecule has 3 amide bonds. The second kappa shape index (κ2) is 22.6. The molecule has 0 unspecified atom stereocenters. The van der Waals surface area contributed by atoms with Gasteiger partial charge in [0.25, 0.3) is 0 Å². The fourth-order valence-electron chi connectivity index (χ4n) is 9.44. The van der Waals surface area contributed by atoms with E-state index in [1.165, 1.54) is 27.4 Å². The average Bonchev–Trinajstić information content (AvgIpc) is 3.97. The van der Waals surface area contributed by atoms with Crippen LogP contribution in [0.2, 0.25) is 0 Å². The Morgan fingerprint density at radius 3 is 1.33 bits per heavy atom. The number of para-hydroxylation sites is 2. The molecule has 4 saturated heterocycles. The molecule has 0 radical (unpaired) electrons. The molecule has 8 rings (SSSR count). The standard InChI is InChI=1S/C27H35N3O3.C16H21NO4.C11H16N2/c1-20-10-8-9-13-23(20)28-16-18-29(19-17-28)25(31)24-22(21-11-6-5-7-12-21)14-15-30(24)26(32)33-27(2,3)4;1-16(2,3)21-15(20)17-10-9-12(13(17)14(18)19)11-7-5-4-6-8-11;1-10-4-2-3-5-11(10)13-8-6-12-7-9-13/h5-13,22,24H,14-19H2,1-4H3;4-8,12-13H,9-10H2,1-3H3,(H,18,19);2-5,12H,6-9H2,1H3/t22-,24+;12-,13+;/m11./s1. The maximum Gasteiger partial charge on any atom is 0.411 e. The number of amides is 3. The van der Waals surface area contributed by atoms with Crippen LogP contribution in [0.15, 0.2) is 109 Å². The van der Waals surface area contributed by atoms with Crippen LogP contribution in [0.3, 0.4) is 0 Å². The molecule has 4 heterocycles. The van der Waals surface area contributed by atoms with Crippen molar-refractivity contribution in [2.24, 2.45) is 0 Å². The number of aliphatic carboxylic acids is 1. The zero-order valence-corrected chi connectivity index (χ0v) is 40.8. The Balaban J connectivity index is 0.000000185. The van der Waals surface area contributed by atoms with E-state index in [2.05, 4.69) is 83.6 Å². The summed E-state index contributed by atoms with van der Waals surface area (Å²) in [6.07, 6.45) is 0.412. The summed E-state index contributed by atoms with van der Waals surface area (Å²) >= 11 is 0. The molecule has 0 aliphatic carbocycles. The molecule has 4 atom stereocenters. The zero-order valence-electron chi connectivity index (χ0n) is 40.8. The van der Waals surface area contributed by atoms with Gasteiger partial charge < -0.3 is 34.6 Å². The Labute approximate surface area is 398 Å². The van der Waals surface area contributed by atoms with Crippen molar-refractivity contribution in [3.8, 4) is 0 Å². The van der Waals surface area contributed by atoms with Crippen LogP contribution >= 0.6 is 0 Å². The topological polar surface area (TPSA) is 135 Å². The van der Waals surface area contributed by atoms with E-state index in [9.17, 15) is 24.3 Å². The number of hydrogen-bond acceptors (Lipinski definition) is 9. The molecule has 360 valence electrons. The van der Waals surface area contributed by atoms with Gasteiger partial charge >= 0.3 is 18.2 Å². The fourth-order valence-corrected chi connectivity index (χ4v) is 9.44. The van der Waals surface area contributed by atoms with E-state index < -0.39 is 41.4 Å². The normalized spacial score (nSPS) is 20.8. The minimum atomic E-state index is -0.993. The molecule has 0 saturated carbocycles. The van der Waals surface area contributed by atoms with Crippen molar-refractivity contribution in [2.75, 3.05) is 75.2 Å². The van der Waals surface area contributed by atoms with Gasteiger partial charge in [-0.15, -0.1) is 0 Å². The predicted octanol–water partition coefficient (Wildman–Crippen LogP) is 8.71. The molecular formula is C54H72N6O7. The molecule has 4 aliphatic heterocycles. The Hall–Kier alpha value is -6.08. The highest BCUT2D eigenvalue weighted by Gasteiger charge is 2.46. The second-order valence-corrected chi connectivity index (χ2v) is 19.8. The lowest BCUT2D eigenvalue weighted by Crippen LogP contribution is -2.56. The van der Waals surface area contributed by atoms with Crippen molar-refractivity contribution >= 4 is 35.4 Å². The minimum Gasteiger partial charge on any atom is -0.480 e. The highest BCUT2D eigenvalue weighted by Crippen LogP contribution is 2.37. The second-order valence-electron chi connectivity index (χ2n) is 19.8. The molecule has 13 nitrogen and oxygen atoms in total. The first-order valence-corrected chi connectivity index (χ1v) is 23.8. The van der Waals surface area contributed by atoms with Gasteiger partial charge in [-0.05, 0) is 103 Å². The number of aryl methyl sites for hydroxylation is 2. The lowest BCUT2D eigenvalue weighted by Gasteiger charge is -2.39. The monoisotopic (exact) mass is 917 g/mol. The number of nitrogens with one attached hydrogen (secondary N) is 1. The van der Waals surface area contributed by atoms with Gasteiger partial charge in [0.05, 0.1) is 0 Å². The summed E-state index contributed by atoms with van der Waals surface area (Å²) in [6.45, 7) is 23.4. The van der Waals surface area contributed by atoms with Crippen LogP contribution in [0.4, 0.5) is 21.0 Å². The maximum atomic E-state index is 13.8. The summed E-state index contributed by atoms with van der Waals surface area (Å²) < 4.78 is 11.0. The average molecular weight is 917 g/mol. The summed E-state index contributed by atoms with van der Waals surface area (Å²) in [5.41, 5.74) is 6.04. The Bertz CT molecular complexity index is 2250. The lowest BCUT2D eigenvalue weighted by molar-refractivity contribution is -0.142. The quantitative estimate of drug-likeness (QED) is 0.194. The third kappa shape index (κ3) is 13.5. The molecule has 0 bridgehead atoms. The Kier molecular flexibility index (Phi) is 17.0. The highest BCUT2D eigenvalue weighted by molar-refractivity contribution is 5.88. The fraction of sp³-hybridized carbons (Fsp3) is 0.481. The molecule has 2 N–H and O–H groups in total. The van der Waals surface area contributed by atoms with Crippen LogP contribution in [0, 0.1) is 13.8 Å². The van der Waals surface area contributed by atoms with E-state index in [0.717, 1.165) is 56.8 Å². The van der Waals surface area contributed by atoms with Crippen molar-refractivity contribution in [3.63, 3.8) is 0 Å². The van der Waals surface area contributed by atoms with Crippen molar-refractivity contribution in [1.82, 2.24) is 20.0 Å². The number of benzene rings is 4. The Morgan fingerprint density at radius 2 is 0.910 bits per heavy atom. The third-order valence-electron chi connectivity index (χ3n) is 12.6. The van der Waals surface area contributed by atoms with Gasteiger partial charge in [-0.3, -0.25) is 14.6 Å². The number of carboxylic acids is 1. The number of carboxylic acid groups (broad SMARTS) is 1. The summed E-state index contributed by atoms with van der Waals surface area (Å²) in [6, 6.07) is 35.1. The molecule has 4 aromatic carbocycles. The zero-order chi connectivity index (χ0) is 48.3. The molecule has 0 aromatic heterocycles. The van der Waals surface area contributed by atoms with Crippen LogP contribution in [-0.2, 0) is 19.1 Å². The van der Waals surface area contributed by atoms with E-state index in [1.54, 1.807) is 25.7 Å². The number of hydrogen-bond donors (Lipinski definition) is 2. The van der Waals surface area contributed by atoms with E-state index in [4.69, 9.17) is 9.47 Å². The molecule has 13 heteroatoms. The molecule has 4 fully saturated rings. The number of nitrogens with zero attached hydrogens (tertiary/aromatic N) is 5. The SMILES string of the molecule is CC(C)(C)OC(=O)N1CC[C@H](c2ccccc2)[C@H]1C(=O)O.Cc1ccccc1N1CCN(C(=O)[C@@H]2[C@@H](c3ccccc3)CCN2C(=O)OC(C)(C)C)CC1.Cc1ccccc1N1CCNCC1. The summed E-state index contributed by atoms with van der Waals surface area (Å²) in [7, 11) is 0. The number of anilines is 2. The lowest BCUT2D eigenvalue weighted by atomic mass is 9.90. The predicted molar refractivity (Wildman–Crippen MR) is 265 cm³/mol.